The Morgan fingerprint density at radius 1 is 1.15 bits per heavy atom. The summed E-state index contributed by atoms with van der Waals surface area (Å²) in [5.41, 5.74) is 1.14. The van der Waals surface area contributed by atoms with E-state index in [1.54, 1.807) is 22.6 Å². The molecule has 0 spiro atoms. The third kappa shape index (κ3) is 3.73. The maximum absolute atomic E-state index is 12.4. The van der Waals surface area contributed by atoms with Crippen LogP contribution in [0.3, 0.4) is 0 Å². The van der Waals surface area contributed by atoms with Gasteiger partial charge in [0.1, 0.15) is 22.7 Å². The van der Waals surface area contributed by atoms with Crippen molar-refractivity contribution in [3.05, 3.63) is 47.1 Å². The number of thiophene rings is 1. The Morgan fingerprint density at radius 3 is 2.59 bits per heavy atom. The number of piperazine rings is 1. The van der Waals surface area contributed by atoms with E-state index >= 15 is 0 Å². The standard InChI is InChI=1S/C20H22N4O2S/c1-3-16-12-17-18(21-13-22-19(17)27-16)23-8-10-24(11-9-23)20(25)26-15-6-4-14(2)5-7-15/h4-7,12-13H,3,8-11H2,1-2H3. The molecule has 0 atom stereocenters. The summed E-state index contributed by atoms with van der Waals surface area (Å²) in [6.45, 7) is 6.84. The molecular weight excluding hydrogens is 360 g/mol. The van der Waals surface area contributed by atoms with E-state index in [1.807, 2.05) is 31.2 Å². The lowest BCUT2D eigenvalue weighted by atomic mass is 10.2. The highest BCUT2D eigenvalue weighted by Crippen LogP contribution is 2.31. The molecule has 3 heterocycles. The van der Waals surface area contributed by atoms with Crippen molar-refractivity contribution in [2.75, 3.05) is 31.1 Å². The number of hydrogen-bond acceptors (Lipinski definition) is 6. The highest BCUT2D eigenvalue weighted by Gasteiger charge is 2.25. The Balaban J connectivity index is 1.42. The van der Waals surface area contributed by atoms with Crippen LogP contribution in [-0.4, -0.2) is 47.1 Å². The molecule has 4 rings (SSSR count). The zero-order valence-electron chi connectivity index (χ0n) is 15.5. The molecule has 0 radical (unpaired) electrons. The molecule has 2 aromatic heterocycles. The highest BCUT2D eigenvalue weighted by molar-refractivity contribution is 7.18. The van der Waals surface area contributed by atoms with E-state index in [4.69, 9.17) is 4.74 Å². The maximum Gasteiger partial charge on any atom is 0.415 e. The second-order valence-corrected chi connectivity index (χ2v) is 7.75. The van der Waals surface area contributed by atoms with Crippen molar-refractivity contribution in [1.82, 2.24) is 14.9 Å². The predicted octanol–water partition coefficient (Wildman–Crippen LogP) is 3.88. The van der Waals surface area contributed by atoms with Gasteiger partial charge in [0.05, 0.1) is 5.39 Å². The monoisotopic (exact) mass is 382 g/mol. The smallest absolute Gasteiger partial charge is 0.410 e. The molecule has 27 heavy (non-hydrogen) atoms. The van der Waals surface area contributed by atoms with Crippen LogP contribution in [0.2, 0.25) is 0 Å². The number of amides is 1. The third-order valence-electron chi connectivity index (χ3n) is 4.77. The number of rotatable bonds is 3. The summed E-state index contributed by atoms with van der Waals surface area (Å²) in [4.78, 5) is 27.6. The minimum Gasteiger partial charge on any atom is -0.410 e. The fraction of sp³-hybridized carbons (Fsp3) is 0.350. The van der Waals surface area contributed by atoms with Crippen molar-refractivity contribution >= 4 is 33.5 Å². The van der Waals surface area contributed by atoms with E-state index in [0.717, 1.165) is 41.1 Å². The van der Waals surface area contributed by atoms with Gasteiger partial charge in [-0.05, 0) is 31.5 Å². The van der Waals surface area contributed by atoms with Crippen molar-refractivity contribution in [3.8, 4) is 5.75 Å². The first-order valence-corrected chi connectivity index (χ1v) is 9.97. The molecule has 1 fully saturated rings. The molecule has 1 saturated heterocycles. The lowest BCUT2D eigenvalue weighted by Gasteiger charge is -2.34. The summed E-state index contributed by atoms with van der Waals surface area (Å²) in [7, 11) is 0. The average Bonchev–Trinajstić information content (AvgIpc) is 3.13. The van der Waals surface area contributed by atoms with Crippen molar-refractivity contribution in [3.63, 3.8) is 0 Å². The Morgan fingerprint density at radius 2 is 1.89 bits per heavy atom. The Kier molecular flexibility index (Phi) is 4.94. The topological polar surface area (TPSA) is 58.6 Å². The fourth-order valence-corrected chi connectivity index (χ4v) is 4.12. The van der Waals surface area contributed by atoms with Crippen LogP contribution in [-0.2, 0) is 6.42 Å². The number of anilines is 1. The maximum atomic E-state index is 12.4. The van der Waals surface area contributed by atoms with Gasteiger partial charge in [-0.25, -0.2) is 14.8 Å². The minimum atomic E-state index is -0.296. The van der Waals surface area contributed by atoms with E-state index < -0.39 is 0 Å². The number of fused-ring (bicyclic) bond motifs is 1. The number of aryl methyl sites for hydroxylation is 2. The van der Waals surface area contributed by atoms with Gasteiger partial charge in [-0.2, -0.15) is 0 Å². The number of ether oxygens (including phenoxy) is 1. The van der Waals surface area contributed by atoms with Gasteiger partial charge in [0, 0.05) is 31.1 Å². The van der Waals surface area contributed by atoms with Crippen LogP contribution >= 0.6 is 11.3 Å². The first kappa shape index (κ1) is 17.7. The van der Waals surface area contributed by atoms with Gasteiger partial charge >= 0.3 is 6.09 Å². The van der Waals surface area contributed by atoms with Crippen molar-refractivity contribution in [2.24, 2.45) is 0 Å². The van der Waals surface area contributed by atoms with Gasteiger partial charge in [0.15, 0.2) is 0 Å². The predicted molar refractivity (Wildman–Crippen MR) is 108 cm³/mol. The highest BCUT2D eigenvalue weighted by atomic mass is 32.1. The molecule has 3 aromatic rings. The summed E-state index contributed by atoms with van der Waals surface area (Å²) in [6.07, 6.45) is 2.33. The largest absolute Gasteiger partial charge is 0.415 e. The molecule has 7 heteroatoms. The number of carbonyl (C=O) groups excluding carboxylic acids is 1. The molecule has 0 saturated carbocycles. The Labute approximate surface area is 162 Å². The first-order chi connectivity index (χ1) is 13.1. The normalized spacial score (nSPS) is 14.6. The summed E-state index contributed by atoms with van der Waals surface area (Å²) in [5, 5.41) is 1.11. The molecule has 1 aromatic carbocycles. The van der Waals surface area contributed by atoms with E-state index in [0.29, 0.717) is 18.8 Å². The minimum absolute atomic E-state index is 0.296. The zero-order valence-corrected chi connectivity index (χ0v) is 16.3. The molecule has 140 valence electrons. The van der Waals surface area contributed by atoms with E-state index in [9.17, 15) is 4.79 Å². The van der Waals surface area contributed by atoms with E-state index in [-0.39, 0.29) is 6.09 Å². The number of aromatic nitrogens is 2. The summed E-state index contributed by atoms with van der Waals surface area (Å²) >= 11 is 1.72. The molecule has 1 aliphatic rings. The van der Waals surface area contributed by atoms with Gasteiger partial charge < -0.3 is 14.5 Å². The molecule has 0 bridgehead atoms. The van der Waals surface area contributed by atoms with Crippen molar-refractivity contribution in [1.29, 1.82) is 0 Å². The van der Waals surface area contributed by atoms with Gasteiger partial charge in [-0.1, -0.05) is 24.6 Å². The first-order valence-electron chi connectivity index (χ1n) is 9.16. The summed E-state index contributed by atoms with van der Waals surface area (Å²) in [5.74, 6) is 1.54. The fourth-order valence-electron chi connectivity index (χ4n) is 3.19. The lowest BCUT2D eigenvalue weighted by Crippen LogP contribution is -2.49. The second-order valence-electron chi connectivity index (χ2n) is 6.64. The van der Waals surface area contributed by atoms with Crippen LogP contribution in [0.1, 0.15) is 17.4 Å². The quantitative estimate of drug-likeness (QED) is 0.688. The third-order valence-corrected chi connectivity index (χ3v) is 5.96. The second kappa shape index (κ2) is 7.52. The van der Waals surface area contributed by atoms with Crippen LogP contribution in [0.5, 0.6) is 5.75 Å². The van der Waals surface area contributed by atoms with Crippen molar-refractivity contribution < 1.29 is 9.53 Å². The van der Waals surface area contributed by atoms with Crippen LogP contribution in [0, 0.1) is 6.92 Å². The zero-order chi connectivity index (χ0) is 18.8. The molecular formula is C20H22N4O2S. The number of benzene rings is 1. The lowest BCUT2D eigenvalue weighted by molar-refractivity contribution is 0.149. The van der Waals surface area contributed by atoms with Gasteiger partial charge in [0.25, 0.3) is 0 Å². The van der Waals surface area contributed by atoms with Crippen LogP contribution in [0.15, 0.2) is 36.7 Å². The summed E-state index contributed by atoms with van der Waals surface area (Å²) < 4.78 is 5.48. The van der Waals surface area contributed by atoms with E-state index in [1.165, 1.54) is 4.88 Å². The molecule has 0 N–H and O–H groups in total. The Hall–Kier alpha value is -2.67. The van der Waals surface area contributed by atoms with Gasteiger partial charge in [-0.3, -0.25) is 0 Å². The molecule has 1 amide bonds. The number of hydrogen-bond donors (Lipinski definition) is 0. The molecule has 1 aliphatic heterocycles. The van der Waals surface area contributed by atoms with Crippen LogP contribution in [0.25, 0.3) is 10.2 Å². The summed E-state index contributed by atoms with van der Waals surface area (Å²) in [6, 6.07) is 9.71. The van der Waals surface area contributed by atoms with E-state index in [2.05, 4.69) is 27.9 Å². The molecule has 6 nitrogen and oxygen atoms in total. The van der Waals surface area contributed by atoms with Crippen LogP contribution < -0.4 is 9.64 Å². The number of nitrogens with zero attached hydrogens (tertiary/aromatic N) is 4. The SMILES string of the molecule is CCc1cc2c(N3CCN(C(=O)Oc4ccc(C)cc4)CC3)ncnc2s1. The van der Waals surface area contributed by atoms with Crippen molar-refractivity contribution in [2.45, 2.75) is 20.3 Å². The van der Waals surface area contributed by atoms with Gasteiger partial charge in [-0.15, -0.1) is 11.3 Å². The molecule has 0 unspecified atom stereocenters. The molecule has 0 aliphatic carbocycles. The number of carbonyl (C=O) groups is 1. The average molecular weight is 382 g/mol. The van der Waals surface area contributed by atoms with Gasteiger partial charge in [0.2, 0.25) is 0 Å². The van der Waals surface area contributed by atoms with Crippen LogP contribution in [0.4, 0.5) is 10.6 Å². The Bertz CT molecular complexity index is 946.